The highest BCUT2D eigenvalue weighted by atomic mass is 16.5. The third-order valence-corrected chi connectivity index (χ3v) is 7.22. The second kappa shape index (κ2) is 18.2. The molecule has 2 aliphatic heterocycles. The van der Waals surface area contributed by atoms with Crippen LogP contribution in [0.4, 0.5) is 21.9 Å². The number of nitrogens with zero attached hydrogens (tertiary/aromatic N) is 4. The predicted molar refractivity (Wildman–Crippen MR) is 182 cm³/mol. The summed E-state index contributed by atoms with van der Waals surface area (Å²) in [5.74, 6) is -0.714. The van der Waals surface area contributed by atoms with Crippen LogP contribution in [0.3, 0.4) is 0 Å². The van der Waals surface area contributed by atoms with E-state index in [1.807, 2.05) is 108 Å². The van der Waals surface area contributed by atoms with Gasteiger partial charge in [0.05, 0.1) is 31.1 Å². The number of ether oxygens (including phenoxy) is 1. The van der Waals surface area contributed by atoms with E-state index in [1.54, 1.807) is 13.1 Å². The van der Waals surface area contributed by atoms with Crippen molar-refractivity contribution in [3.8, 4) is 0 Å². The molecule has 0 radical (unpaired) electrons. The second-order valence-electron chi connectivity index (χ2n) is 10.6. The SMILES string of the molecule is CC/C=C/C=C\C=C(/C)N(/C=C(\C)C(N)=O)N(C)N1CCOCC1.NC(=O)NC1CN(c2ccccc2)c2ccccc2NC1=O. The van der Waals surface area contributed by atoms with Crippen molar-refractivity contribution >= 4 is 34.9 Å². The number of benzene rings is 2. The van der Waals surface area contributed by atoms with Gasteiger partial charge in [-0.15, -0.1) is 0 Å². The summed E-state index contributed by atoms with van der Waals surface area (Å²) in [7, 11) is 1.97. The Labute approximate surface area is 271 Å². The monoisotopic (exact) mass is 630 g/mol. The highest BCUT2D eigenvalue weighted by Gasteiger charge is 2.29. The van der Waals surface area contributed by atoms with Gasteiger partial charge in [0.1, 0.15) is 6.04 Å². The number of primary amides is 2. The Bertz CT molecular complexity index is 1430. The summed E-state index contributed by atoms with van der Waals surface area (Å²) in [6.07, 6.45) is 12.9. The van der Waals surface area contributed by atoms with Gasteiger partial charge in [-0.25, -0.2) is 9.80 Å². The van der Waals surface area contributed by atoms with Crippen molar-refractivity contribution in [2.45, 2.75) is 33.2 Å². The largest absolute Gasteiger partial charge is 0.379 e. The van der Waals surface area contributed by atoms with Gasteiger partial charge in [0.15, 0.2) is 0 Å². The lowest BCUT2D eigenvalue weighted by Gasteiger charge is -2.41. The highest BCUT2D eigenvalue weighted by molar-refractivity contribution is 6.02. The first-order valence-electron chi connectivity index (χ1n) is 15.2. The number of hydrogen-bond acceptors (Lipinski definition) is 8. The molecule has 12 heteroatoms. The molecule has 2 heterocycles. The molecule has 1 fully saturated rings. The first-order chi connectivity index (χ1) is 22.1. The van der Waals surface area contributed by atoms with Crippen LogP contribution in [0.1, 0.15) is 27.2 Å². The normalized spacial score (nSPS) is 17.6. The molecule has 12 nitrogen and oxygen atoms in total. The lowest BCUT2D eigenvalue weighted by Crippen LogP contribution is -2.52. The van der Waals surface area contributed by atoms with Gasteiger partial charge in [0, 0.05) is 43.3 Å². The van der Waals surface area contributed by atoms with Crippen LogP contribution in [-0.2, 0) is 14.3 Å². The minimum Gasteiger partial charge on any atom is -0.379 e. The molecule has 1 atom stereocenters. The molecular weight excluding hydrogens is 584 g/mol. The van der Waals surface area contributed by atoms with E-state index in [0.29, 0.717) is 31.0 Å². The first-order valence-corrected chi connectivity index (χ1v) is 15.2. The van der Waals surface area contributed by atoms with E-state index in [9.17, 15) is 14.4 Å². The average Bonchev–Trinajstić information content (AvgIpc) is 3.19. The fourth-order valence-corrected chi connectivity index (χ4v) is 4.72. The molecule has 1 saturated heterocycles. The van der Waals surface area contributed by atoms with Gasteiger partial charge >= 0.3 is 6.03 Å². The molecule has 46 heavy (non-hydrogen) atoms. The number of carbonyl (C=O) groups is 3. The number of amides is 4. The summed E-state index contributed by atoms with van der Waals surface area (Å²) < 4.78 is 5.40. The minimum atomic E-state index is -0.731. The molecule has 2 aromatic rings. The Morgan fingerprint density at radius 2 is 1.70 bits per heavy atom. The Balaban J connectivity index is 0.000000251. The molecule has 4 rings (SSSR count). The number of urea groups is 1. The maximum Gasteiger partial charge on any atom is 0.312 e. The van der Waals surface area contributed by atoms with Gasteiger partial charge in [-0.05, 0) is 50.6 Å². The number of hydrogen-bond donors (Lipinski definition) is 4. The van der Waals surface area contributed by atoms with E-state index in [4.69, 9.17) is 16.2 Å². The molecule has 2 aliphatic rings. The Kier molecular flexibility index (Phi) is 14.0. The first kappa shape index (κ1) is 35.6. The maximum absolute atomic E-state index is 12.3. The van der Waals surface area contributed by atoms with Gasteiger partial charge in [-0.2, -0.15) is 5.12 Å². The summed E-state index contributed by atoms with van der Waals surface area (Å²) in [6, 6.07) is 15.7. The lowest BCUT2D eigenvalue weighted by atomic mass is 10.2. The maximum atomic E-state index is 12.3. The fraction of sp³-hybridized carbons (Fsp3) is 0.324. The molecule has 1 unspecified atom stereocenters. The molecular formula is C34H46N8O4. The number of fused-ring (bicyclic) bond motifs is 1. The second-order valence-corrected chi connectivity index (χ2v) is 10.6. The van der Waals surface area contributed by atoms with Gasteiger partial charge in [0.2, 0.25) is 11.8 Å². The third kappa shape index (κ3) is 10.6. The smallest absolute Gasteiger partial charge is 0.312 e. The van der Waals surface area contributed by atoms with E-state index in [2.05, 4.69) is 28.6 Å². The van der Waals surface area contributed by atoms with Crippen molar-refractivity contribution < 1.29 is 19.1 Å². The Morgan fingerprint density at radius 3 is 2.35 bits per heavy atom. The van der Waals surface area contributed by atoms with Gasteiger partial charge in [0.25, 0.3) is 0 Å². The highest BCUT2D eigenvalue weighted by Crippen LogP contribution is 2.34. The van der Waals surface area contributed by atoms with E-state index < -0.39 is 18.0 Å². The van der Waals surface area contributed by atoms with E-state index in [1.165, 1.54) is 0 Å². The summed E-state index contributed by atoms with van der Waals surface area (Å²) in [6.45, 7) is 9.11. The Hall–Kier alpha value is -4.91. The number of rotatable bonds is 10. The number of anilines is 3. The predicted octanol–water partition coefficient (Wildman–Crippen LogP) is 4.01. The molecule has 0 bridgehead atoms. The zero-order chi connectivity index (χ0) is 33.5. The number of hydrazine groups is 2. The molecule has 0 aromatic heterocycles. The van der Waals surface area contributed by atoms with E-state index in [-0.39, 0.29) is 5.91 Å². The summed E-state index contributed by atoms with van der Waals surface area (Å²) in [5, 5.41) is 11.4. The van der Waals surface area contributed by atoms with Crippen molar-refractivity contribution in [2.75, 3.05) is 50.1 Å². The Morgan fingerprint density at radius 1 is 1.02 bits per heavy atom. The van der Waals surface area contributed by atoms with Crippen molar-refractivity contribution in [1.82, 2.24) is 20.5 Å². The summed E-state index contributed by atoms with van der Waals surface area (Å²) >= 11 is 0. The molecule has 2 aromatic carbocycles. The molecule has 0 spiro atoms. The van der Waals surface area contributed by atoms with Crippen LogP contribution in [0, 0.1) is 0 Å². The number of carbonyl (C=O) groups excluding carboxylic acids is 3. The lowest BCUT2D eigenvalue weighted by molar-refractivity contribution is -0.158. The number of nitrogens with one attached hydrogen (secondary N) is 2. The van der Waals surface area contributed by atoms with E-state index in [0.717, 1.165) is 36.6 Å². The molecule has 0 aliphatic carbocycles. The van der Waals surface area contributed by atoms with Crippen LogP contribution in [0.2, 0.25) is 0 Å². The van der Waals surface area contributed by atoms with Gasteiger partial charge in [-0.3, -0.25) is 14.6 Å². The average molecular weight is 631 g/mol. The zero-order valence-corrected chi connectivity index (χ0v) is 27.1. The van der Waals surface area contributed by atoms with Crippen molar-refractivity contribution in [3.05, 3.63) is 102 Å². The van der Waals surface area contributed by atoms with Crippen LogP contribution in [0.15, 0.2) is 102 Å². The van der Waals surface area contributed by atoms with Crippen LogP contribution in [0.25, 0.3) is 0 Å². The number of nitrogens with two attached hydrogens (primary N) is 2. The number of para-hydroxylation sites is 3. The topological polar surface area (TPSA) is 149 Å². The van der Waals surface area contributed by atoms with Crippen molar-refractivity contribution in [1.29, 1.82) is 0 Å². The van der Waals surface area contributed by atoms with Crippen LogP contribution in [-0.4, -0.2) is 78.9 Å². The summed E-state index contributed by atoms with van der Waals surface area (Å²) in [4.78, 5) is 36.8. The number of morpholine rings is 1. The van der Waals surface area contributed by atoms with Gasteiger partial charge < -0.3 is 31.7 Å². The molecule has 6 N–H and O–H groups in total. The fourth-order valence-electron chi connectivity index (χ4n) is 4.72. The third-order valence-electron chi connectivity index (χ3n) is 7.22. The molecule has 0 saturated carbocycles. The standard InChI is InChI=1S/C18H30N4O2.C16H16N4O2/c1-5-6-7-8-9-10-17(3)22(15-16(2)18(19)23)20(4)21-11-13-24-14-12-21;17-16(22)19-13-10-20(11-6-2-1-3-7-11)14-9-5-4-8-12(14)18-15(13)21/h6-10,15H,5,11-14H2,1-4H3,(H2,19,23);1-9,13H,10H2,(H,18,21)(H3,17,19,22)/b7-6+,9-8-,16-15+,17-10+;. The van der Waals surface area contributed by atoms with Crippen LogP contribution in [0.5, 0.6) is 0 Å². The molecule has 246 valence electrons. The van der Waals surface area contributed by atoms with Crippen molar-refractivity contribution in [2.24, 2.45) is 11.5 Å². The van der Waals surface area contributed by atoms with Crippen molar-refractivity contribution in [3.63, 3.8) is 0 Å². The van der Waals surface area contributed by atoms with Gasteiger partial charge in [-0.1, -0.05) is 61.6 Å². The quantitative estimate of drug-likeness (QED) is 0.175. The van der Waals surface area contributed by atoms with Crippen LogP contribution < -0.4 is 27.0 Å². The summed E-state index contributed by atoms with van der Waals surface area (Å²) in [5.41, 5.74) is 14.5. The zero-order valence-electron chi connectivity index (χ0n) is 27.1. The van der Waals surface area contributed by atoms with E-state index >= 15 is 0 Å². The van der Waals surface area contributed by atoms with Crippen LogP contribution >= 0.6 is 0 Å². The number of allylic oxidation sites excluding steroid dienone is 6. The molecule has 4 amide bonds. The minimum absolute atomic E-state index is 0.287.